The van der Waals surface area contributed by atoms with Crippen LogP contribution in [0.3, 0.4) is 0 Å². The van der Waals surface area contributed by atoms with E-state index in [1.165, 1.54) is 17.7 Å². The van der Waals surface area contributed by atoms with Crippen LogP contribution in [-0.4, -0.2) is 40.2 Å². The molecule has 0 aliphatic carbocycles. The molecule has 6 heteroatoms. The number of rotatable bonds is 4. The van der Waals surface area contributed by atoms with Gasteiger partial charge in [-0.15, -0.1) is 0 Å². The van der Waals surface area contributed by atoms with Gasteiger partial charge in [0, 0.05) is 19.0 Å². The minimum Gasteiger partial charge on any atom is -0.338 e. The lowest BCUT2D eigenvalue weighted by molar-refractivity contribution is 0.0785. The number of aryl methyl sites for hydroxylation is 1. The van der Waals surface area contributed by atoms with Crippen LogP contribution >= 0.6 is 0 Å². The van der Waals surface area contributed by atoms with Gasteiger partial charge in [0.05, 0.1) is 22.6 Å². The van der Waals surface area contributed by atoms with Crippen LogP contribution in [0.2, 0.25) is 0 Å². The number of carbonyl (C=O) groups is 1. The maximum absolute atomic E-state index is 13.4. The fraction of sp³-hybridized carbons (Fsp3) is 0.304. The zero-order valence-corrected chi connectivity index (χ0v) is 16.7. The van der Waals surface area contributed by atoms with Crippen molar-refractivity contribution in [2.75, 3.05) is 19.6 Å². The number of halogens is 1. The molecule has 0 unspecified atom stereocenters. The molecular weight excluding hydrogens is 367 g/mol. The summed E-state index contributed by atoms with van der Waals surface area (Å²) in [6.45, 7) is 5.53. The van der Waals surface area contributed by atoms with Crippen molar-refractivity contribution < 1.29 is 9.18 Å². The van der Waals surface area contributed by atoms with Crippen molar-refractivity contribution in [2.45, 2.75) is 19.8 Å². The molecule has 1 saturated heterocycles. The number of benzene rings is 2. The Labute approximate surface area is 169 Å². The van der Waals surface area contributed by atoms with E-state index in [2.05, 4.69) is 17.2 Å². The van der Waals surface area contributed by atoms with E-state index in [1.807, 2.05) is 36.9 Å². The Morgan fingerprint density at radius 1 is 1.10 bits per heavy atom. The highest BCUT2D eigenvalue weighted by molar-refractivity contribution is 5.96. The monoisotopic (exact) mass is 392 g/mol. The molecule has 5 nitrogen and oxygen atoms in total. The van der Waals surface area contributed by atoms with Crippen molar-refractivity contribution >= 4 is 5.91 Å². The minimum atomic E-state index is -0.302. The number of likely N-dealkylation sites (tertiary alicyclic amines) is 1. The van der Waals surface area contributed by atoms with Gasteiger partial charge < -0.3 is 10.6 Å². The first kappa shape index (κ1) is 19.3. The van der Waals surface area contributed by atoms with Gasteiger partial charge in [0.1, 0.15) is 5.82 Å². The van der Waals surface area contributed by atoms with Gasteiger partial charge >= 0.3 is 0 Å². The van der Waals surface area contributed by atoms with E-state index < -0.39 is 0 Å². The number of nitrogens with zero attached hydrogens (tertiary/aromatic N) is 3. The van der Waals surface area contributed by atoms with Gasteiger partial charge in [0.2, 0.25) is 0 Å². The van der Waals surface area contributed by atoms with Crippen LogP contribution in [0.4, 0.5) is 4.39 Å². The lowest BCUT2D eigenvalue weighted by Crippen LogP contribution is -2.30. The molecule has 4 rings (SSSR count). The number of hydrogen-bond donors (Lipinski definition) is 1. The van der Waals surface area contributed by atoms with Crippen molar-refractivity contribution in [2.24, 2.45) is 11.7 Å². The largest absolute Gasteiger partial charge is 0.338 e. The summed E-state index contributed by atoms with van der Waals surface area (Å²) in [6, 6.07) is 16.4. The number of hydrogen-bond acceptors (Lipinski definition) is 3. The van der Waals surface area contributed by atoms with Crippen molar-refractivity contribution in [1.82, 2.24) is 14.7 Å². The van der Waals surface area contributed by atoms with Crippen LogP contribution in [0, 0.1) is 25.6 Å². The van der Waals surface area contributed by atoms with Crippen LogP contribution in [-0.2, 0) is 0 Å². The van der Waals surface area contributed by atoms with Gasteiger partial charge in [0.25, 0.3) is 5.91 Å². The van der Waals surface area contributed by atoms with Gasteiger partial charge in [-0.1, -0.05) is 30.3 Å². The summed E-state index contributed by atoms with van der Waals surface area (Å²) in [5.74, 6) is 0.140. The predicted octanol–water partition coefficient (Wildman–Crippen LogP) is 3.44. The molecule has 0 radical (unpaired) electrons. The molecule has 2 N–H and O–H groups in total. The Balaban J connectivity index is 1.62. The Hall–Kier alpha value is -2.99. The van der Waals surface area contributed by atoms with E-state index >= 15 is 0 Å². The van der Waals surface area contributed by atoms with Crippen molar-refractivity contribution in [3.05, 3.63) is 82.9 Å². The zero-order valence-electron chi connectivity index (χ0n) is 16.7. The molecule has 1 aliphatic rings. The molecule has 1 aromatic heterocycles. The van der Waals surface area contributed by atoms with E-state index in [-0.39, 0.29) is 23.6 Å². The highest BCUT2D eigenvalue weighted by atomic mass is 19.1. The molecule has 2 heterocycles. The molecule has 29 heavy (non-hydrogen) atoms. The Bertz CT molecular complexity index is 1010. The third-order valence-electron chi connectivity index (χ3n) is 5.84. The van der Waals surface area contributed by atoms with E-state index in [9.17, 15) is 9.18 Å². The van der Waals surface area contributed by atoms with E-state index in [4.69, 9.17) is 5.73 Å². The molecular formula is C23H25FN4O. The second-order valence-corrected chi connectivity index (χ2v) is 7.66. The van der Waals surface area contributed by atoms with Crippen LogP contribution in [0.15, 0.2) is 54.6 Å². The topological polar surface area (TPSA) is 64.2 Å². The summed E-state index contributed by atoms with van der Waals surface area (Å²) < 4.78 is 15.0. The number of carbonyl (C=O) groups excluding carboxylic acids is 1. The number of nitrogens with two attached hydrogens (primary N) is 1. The summed E-state index contributed by atoms with van der Waals surface area (Å²) in [6.07, 6.45) is 0. The predicted molar refractivity (Wildman–Crippen MR) is 111 cm³/mol. The normalized spacial score (nSPS) is 19.0. The van der Waals surface area contributed by atoms with Gasteiger partial charge in [-0.05, 0) is 56.1 Å². The zero-order chi connectivity index (χ0) is 20.5. The highest BCUT2D eigenvalue weighted by Gasteiger charge is 2.37. The third-order valence-corrected chi connectivity index (χ3v) is 5.84. The third kappa shape index (κ3) is 3.56. The molecule has 0 bridgehead atoms. The smallest absolute Gasteiger partial charge is 0.257 e. The second-order valence-electron chi connectivity index (χ2n) is 7.66. The Morgan fingerprint density at radius 2 is 1.79 bits per heavy atom. The maximum Gasteiger partial charge on any atom is 0.257 e. The molecule has 3 aromatic rings. The average Bonchev–Trinajstić information content (AvgIpc) is 3.30. The molecule has 1 fully saturated rings. The minimum absolute atomic E-state index is 0.0229. The van der Waals surface area contributed by atoms with Crippen LogP contribution in [0.25, 0.3) is 5.69 Å². The summed E-state index contributed by atoms with van der Waals surface area (Å²) >= 11 is 0. The first-order valence-corrected chi connectivity index (χ1v) is 9.86. The fourth-order valence-electron chi connectivity index (χ4n) is 4.30. The van der Waals surface area contributed by atoms with Crippen molar-refractivity contribution in [1.29, 1.82) is 0 Å². The van der Waals surface area contributed by atoms with Gasteiger partial charge in [0.15, 0.2) is 0 Å². The van der Waals surface area contributed by atoms with Gasteiger partial charge in [-0.3, -0.25) is 4.79 Å². The van der Waals surface area contributed by atoms with E-state index in [0.717, 1.165) is 11.4 Å². The van der Waals surface area contributed by atoms with E-state index in [0.29, 0.717) is 30.9 Å². The molecule has 0 saturated carbocycles. The Kier molecular flexibility index (Phi) is 5.20. The average molecular weight is 392 g/mol. The summed E-state index contributed by atoms with van der Waals surface area (Å²) in [7, 11) is 0. The van der Waals surface area contributed by atoms with Crippen molar-refractivity contribution in [3.8, 4) is 5.69 Å². The van der Waals surface area contributed by atoms with Crippen LogP contribution in [0.5, 0.6) is 0 Å². The number of aromatic nitrogens is 2. The van der Waals surface area contributed by atoms with Crippen LogP contribution < -0.4 is 5.73 Å². The quantitative estimate of drug-likeness (QED) is 0.740. The number of amides is 1. The molecule has 0 spiro atoms. The van der Waals surface area contributed by atoms with Crippen molar-refractivity contribution in [3.63, 3.8) is 0 Å². The Morgan fingerprint density at radius 3 is 2.45 bits per heavy atom. The molecule has 1 aliphatic heterocycles. The summed E-state index contributed by atoms with van der Waals surface area (Å²) in [5, 5.41) is 4.54. The SMILES string of the molecule is Cc1nn(-c2ccc(F)cc2)c(C)c1C(=O)N1C[C@@H](CN)[C@H](c2ccccc2)C1. The fourth-order valence-corrected chi connectivity index (χ4v) is 4.30. The highest BCUT2D eigenvalue weighted by Crippen LogP contribution is 2.33. The second kappa shape index (κ2) is 7.79. The standard InChI is InChI=1S/C23H25FN4O/c1-15-22(16(2)28(26-15)20-10-8-19(24)9-11-20)23(29)27-13-18(12-25)21(14-27)17-6-4-3-5-7-17/h3-11,18,21H,12-14,25H2,1-2H3/t18-,21+/m1/s1. The lowest BCUT2D eigenvalue weighted by Gasteiger charge is -2.17. The molecule has 2 aromatic carbocycles. The summed E-state index contributed by atoms with van der Waals surface area (Å²) in [5.41, 5.74) is 10.0. The molecule has 150 valence electrons. The molecule has 2 atom stereocenters. The first-order valence-electron chi connectivity index (χ1n) is 9.86. The molecule has 1 amide bonds. The lowest BCUT2D eigenvalue weighted by atomic mass is 9.89. The maximum atomic E-state index is 13.4. The summed E-state index contributed by atoms with van der Waals surface area (Å²) in [4.78, 5) is 15.3. The first-order chi connectivity index (χ1) is 14.0. The van der Waals surface area contributed by atoms with Gasteiger partial charge in [-0.2, -0.15) is 5.10 Å². The van der Waals surface area contributed by atoms with E-state index in [1.54, 1.807) is 16.8 Å². The van der Waals surface area contributed by atoms with Crippen LogP contribution in [0.1, 0.15) is 33.2 Å². The van der Waals surface area contributed by atoms with Gasteiger partial charge in [-0.25, -0.2) is 9.07 Å².